The zero-order chi connectivity index (χ0) is 22.4. The third-order valence-corrected chi connectivity index (χ3v) is 6.30. The number of anilines is 2. The number of carbonyl (C=O) groups excluding carboxylic acids is 2. The van der Waals surface area contributed by atoms with Gasteiger partial charge in [0, 0.05) is 38.4 Å². The van der Waals surface area contributed by atoms with Crippen molar-refractivity contribution in [2.24, 2.45) is 11.3 Å². The Balaban J connectivity index is 1.57. The molecule has 0 saturated heterocycles. The lowest BCUT2D eigenvalue weighted by Gasteiger charge is -2.48. The molecule has 0 spiro atoms. The van der Waals surface area contributed by atoms with Crippen LogP contribution in [0.5, 0.6) is 0 Å². The molecule has 3 rings (SSSR count). The summed E-state index contributed by atoms with van der Waals surface area (Å²) in [5.41, 5.74) is 1.01. The minimum Gasteiger partial charge on any atom is -0.391 e. The maximum Gasteiger partial charge on any atom is 0.321 e. The molecule has 9 nitrogen and oxygen atoms in total. The SMILES string of the molecule is CCCC12CCC(NC(=O)Nc3nc(C)cc(NCC(=O)N(C)C)n3)CC1C=CNC2. The van der Waals surface area contributed by atoms with Crippen molar-refractivity contribution >= 4 is 23.7 Å². The summed E-state index contributed by atoms with van der Waals surface area (Å²) < 4.78 is 0. The zero-order valence-corrected chi connectivity index (χ0v) is 19.0. The van der Waals surface area contributed by atoms with Gasteiger partial charge in [-0.2, -0.15) is 4.98 Å². The van der Waals surface area contributed by atoms with E-state index in [-0.39, 0.29) is 30.5 Å². The van der Waals surface area contributed by atoms with E-state index >= 15 is 0 Å². The smallest absolute Gasteiger partial charge is 0.321 e. The highest BCUT2D eigenvalue weighted by Crippen LogP contribution is 2.46. The number of urea groups is 1. The van der Waals surface area contributed by atoms with Crippen molar-refractivity contribution < 1.29 is 9.59 Å². The van der Waals surface area contributed by atoms with Crippen molar-refractivity contribution in [2.75, 3.05) is 37.8 Å². The topological polar surface area (TPSA) is 111 Å². The molecule has 4 N–H and O–H groups in total. The quantitative estimate of drug-likeness (QED) is 0.530. The highest BCUT2D eigenvalue weighted by atomic mass is 16.2. The minimum atomic E-state index is -0.299. The standard InChI is InChI=1S/C22H35N7O2/c1-5-8-22-9-6-17(12-16(22)7-10-23-14-22)26-21(31)28-20-25-15(2)11-18(27-20)24-13-19(30)29(3)4/h7,10-11,16-17,23H,5-6,8-9,12-14H2,1-4H3,(H3,24,25,26,27,28,31). The number of nitrogens with zero attached hydrogens (tertiary/aromatic N) is 3. The van der Waals surface area contributed by atoms with Gasteiger partial charge < -0.3 is 20.9 Å². The van der Waals surface area contributed by atoms with Gasteiger partial charge in [-0.3, -0.25) is 10.1 Å². The molecule has 3 atom stereocenters. The fourth-order valence-electron chi connectivity index (χ4n) is 4.66. The van der Waals surface area contributed by atoms with Crippen molar-refractivity contribution in [3.05, 3.63) is 24.0 Å². The molecule has 0 radical (unpaired) electrons. The second-order valence-corrected chi connectivity index (χ2v) is 8.89. The van der Waals surface area contributed by atoms with Crippen LogP contribution in [0.15, 0.2) is 18.3 Å². The fourth-order valence-corrected chi connectivity index (χ4v) is 4.66. The van der Waals surface area contributed by atoms with E-state index < -0.39 is 0 Å². The number of amides is 3. The summed E-state index contributed by atoms with van der Waals surface area (Å²) in [5.74, 6) is 1.13. The van der Waals surface area contributed by atoms with E-state index in [1.807, 2.05) is 6.92 Å². The van der Waals surface area contributed by atoms with E-state index in [2.05, 4.69) is 50.4 Å². The molecule has 1 saturated carbocycles. The van der Waals surface area contributed by atoms with Gasteiger partial charge in [0.2, 0.25) is 11.9 Å². The van der Waals surface area contributed by atoms with Crippen LogP contribution in [0.1, 0.15) is 44.7 Å². The fraction of sp³-hybridized carbons (Fsp3) is 0.636. The summed E-state index contributed by atoms with van der Waals surface area (Å²) in [6.07, 6.45) is 9.71. The molecular formula is C22H35N7O2. The predicted octanol–water partition coefficient (Wildman–Crippen LogP) is 2.48. The number of hydrogen-bond donors (Lipinski definition) is 4. The van der Waals surface area contributed by atoms with Crippen LogP contribution in [0.4, 0.5) is 16.6 Å². The van der Waals surface area contributed by atoms with Gasteiger partial charge in [-0.1, -0.05) is 19.4 Å². The molecule has 170 valence electrons. The van der Waals surface area contributed by atoms with Gasteiger partial charge in [0.1, 0.15) is 5.82 Å². The number of aromatic nitrogens is 2. The first-order valence-corrected chi connectivity index (χ1v) is 11.1. The highest BCUT2D eigenvalue weighted by Gasteiger charge is 2.42. The van der Waals surface area contributed by atoms with Crippen LogP contribution in [0.3, 0.4) is 0 Å². The first kappa shape index (κ1) is 22.8. The van der Waals surface area contributed by atoms with Gasteiger partial charge in [-0.25, -0.2) is 9.78 Å². The van der Waals surface area contributed by atoms with E-state index in [0.717, 1.165) is 25.8 Å². The van der Waals surface area contributed by atoms with Crippen molar-refractivity contribution in [3.8, 4) is 0 Å². The normalized spacial score (nSPS) is 24.5. The average molecular weight is 430 g/mol. The van der Waals surface area contributed by atoms with Gasteiger partial charge in [0.15, 0.2) is 0 Å². The van der Waals surface area contributed by atoms with Crippen LogP contribution < -0.4 is 21.3 Å². The third kappa shape index (κ3) is 5.86. The van der Waals surface area contributed by atoms with Crippen molar-refractivity contribution in [2.45, 2.75) is 52.0 Å². The lowest BCUT2D eigenvalue weighted by Crippen LogP contribution is -2.50. The number of carbonyl (C=O) groups is 2. The Morgan fingerprint density at radius 3 is 2.87 bits per heavy atom. The third-order valence-electron chi connectivity index (χ3n) is 6.30. The van der Waals surface area contributed by atoms with Crippen molar-refractivity contribution in [3.63, 3.8) is 0 Å². The molecular weight excluding hydrogens is 394 g/mol. The lowest BCUT2D eigenvalue weighted by atomic mass is 9.62. The minimum absolute atomic E-state index is 0.0630. The molecule has 1 aromatic heterocycles. The van der Waals surface area contributed by atoms with Gasteiger partial charge in [-0.05, 0) is 50.1 Å². The van der Waals surface area contributed by atoms with E-state index in [4.69, 9.17) is 0 Å². The Kier molecular flexibility index (Phi) is 7.35. The highest BCUT2D eigenvalue weighted by molar-refractivity contribution is 5.87. The Bertz CT molecular complexity index is 826. The van der Waals surface area contributed by atoms with E-state index in [9.17, 15) is 9.59 Å². The summed E-state index contributed by atoms with van der Waals surface area (Å²) in [6.45, 7) is 5.20. The molecule has 1 aliphatic heterocycles. The molecule has 31 heavy (non-hydrogen) atoms. The predicted molar refractivity (Wildman–Crippen MR) is 122 cm³/mol. The Morgan fingerprint density at radius 2 is 2.13 bits per heavy atom. The molecule has 3 unspecified atom stereocenters. The van der Waals surface area contributed by atoms with Gasteiger partial charge in [0.25, 0.3) is 0 Å². The number of likely N-dealkylation sites (N-methyl/N-ethyl adjacent to an activating group) is 1. The molecule has 1 aliphatic carbocycles. The molecule has 3 amide bonds. The summed E-state index contributed by atoms with van der Waals surface area (Å²) in [6, 6.07) is 1.56. The molecule has 1 fully saturated rings. The largest absolute Gasteiger partial charge is 0.391 e. The van der Waals surface area contributed by atoms with Crippen molar-refractivity contribution in [1.29, 1.82) is 0 Å². The van der Waals surface area contributed by atoms with Crippen molar-refractivity contribution in [1.82, 2.24) is 25.5 Å². The summed E-state index contributed by atoms with van der Waals surface area (Å²) in [7, 11) is 3.40. The first-order chi connectivity index (χ1) is 14.8. The van der Waals surface area contributed by atoms with E-state index in [1.165, 1.54) is 17.7 Å². The van der Waals surface area contributed by atoms with Gasteiger partial charge in [0.05, 0.1) is 6.54 Å². The Labute approximate surface area is 184 Å². The maximum absolute atomic E-state index is 12.6. The second-order valence-electron chi connectivity index (χ2n) is 8.89. The van der Waals surface area contributed by atoms with Gasteiger partial charge >= 0.3 is 6.03 Å². The van der Waals surface area contributed by atoms with E-state index in [1.54, 1.807) is 20.2 Å². The Hall–Kier alpha value is -2.84. The number of nitrogens with one attached hydrogen (secondary N) is 4. The van der Waals surface area contributed by atoms with Crippen LogP contribution in [0.2, 0.25) is 0 Å². The molecule has 1 aromatic rings. The zero-order valence-electron chi connectivity index (χ0n) is 19.0. The first-order valence-electron chi connectivity index (χ1n) is 11.1. The summed E-state index contributed by atoms with van der Waals surface area (Å²) in [5, 5.41) is 12.2. The molecule has 2 heterocycles. The van der Waals surface area contributed by atoms with Crippen LogP contribution >= 0.6 is 0 Å². The van der Waals surface area contributed by atoms with Crippen LogP contribution in [-0.2, 0) is 4.79 Å². The number of hydrogen-bond acceptors (Lipinski definition) is 6. The summed E-state index contributed by atoms with van der Waals surface area (Å²) in [4.78, 5) is 34.5. The Morgan fingerprint density at radius 1 is 1.32 bits per heavy atom. The van der Waals surface area contributed by atoms with Crippen LogP contribution in [-0.4, -0.2) is 60.0 Å². The monoisotopic (exact) mass is 429 g/mol. The lowest BCUT2D eigenvalue weighted by molar-refractivity contribution is -0.126. The average Bonchev–Trinajstić information content (AvgIpc) is 2.71. The number of fused-ring (bicyclic) bond motifs is 1. The number of allylic oxidation sites excluding steroid dienone is 1. The molecule has 9 heteroatoms. The van der Waals surface area contributed by atoms with E-state index in [0.29, 0.717) is 22.8 Å². The van der Waals surface area contributed by atoms with Crippen LogP contribution in [0.25, 0.3) is 0 Å². The van der Waals surface area contributed by atoms with Crippen LogP contribution in [0, 0.1) is 18.3 Å². The number of aryl methyl sites for hydroxylation is 1. The maximum atomic E-state index is 12.6. The summed E-state index contributed by atoms with van der Waals surface area (Å²) >= 11 is 0. The molecule has 0 aromatic carbocycles. The number of rotatable bonds is 7. The molecule has 2 aliphatic rings. The molecule has 0 bridgehead atoms. The van der Waals surface area contributed by atoms with Gasteiger partial charge in [-0.15, -0.1) is 0 Å². The second kappa shape index (κ2) is 9.98.